The lowest BCUT2D eigenvalue weighted by molar-refractivity contribution is 0.670. The lowest BCUT2D eigenvalue weighted by Crippen LogP contribution is -2.29. The number of furan rings is 1. The van der Waals surface area contributed by atoms with E-state index in [4.69, 9.17) is 4.42 Å². The van der Waals surface area contributed by atoms with Crippen LogP contribution in [0.25, 0.3) is 66.4 Å². The minimum Gasteiger partial charge on any atom is -0.455 e. The molecule has 0 saturated carbocycles. The van der Waals surface area contributed by atoms with Gasteiger partial charge in [-0.2, -0.15) is 0 Å². The lowest BCUT2D eigenvalue weighted by Gasteiger charge is -2.35. The van der Waals surface area contributed by atoms with Crippen molar-refractivity contribution in [3.8, 4) is 44.5 Å². The molecule has 1 heterocycles. The molecular weight excluding hydrogens is 763 g/mol. The summed E-state index contributed by atoms with van der Waals surface area (Å²) in [7, 11) is 0. The van der Waals surface area contributed by atoms with E-state index in [1.807, 2.05) is 6.07 Å². The van der Waals surface area contributed by atoms with Gasteiger partial charge in [-0.15, -0.1) is 0 Å². The van der Waals surface area contributed by atoms with Gasteiger partial charge in [-0.1, -0.05) is 200 Å². The van der Waals surface area contributed by atoms with Gasteiger partial charge in [0.2, 0.25) is 0 Å². The third kappa shape index (κ3) is 6.02. The van der Waals surface area contributed by atoms with Crippen molar-refractivity contribution in [2.45, 2.75) is 5.41 Å². The number of nitrogens with zero attached hydrogens (tertiary/aromatic N) is 1. The van der Waals surface area contributed by atoms with Gasteiger partial charge in [0.15, 0.2) is 0 Å². The Morgan fingerprint density at radius 2 is 0.794 bits per heavy atom. The Labute approximate surface area is 367 Å². The van der Waals surface area contributed by atoms with E-state index in [2.05, 4.69) is 248 Å². The van der Waals surface area contributed by atoms with Crippen LogP contribution >= 0.6 is 0 Å². The topological polar surface area (TPSA) is 16.4 Å². The van der Waals surface area contributed by atoms with E-state index in [0.717, 1.165) is 50.1 Å². The van der Waals surface area contributed by atoms with Crippen molar-refractivity contribution in [1.29, 1.82) is 0 Å². The van der Waals surface area contributed by atoms with Gasteiger partial charge in [-0.3, -0.25) is 0 Å². The van der Waals surface area contributed by atoms with Gasteiger partial charge < -0.3 is 9.32 Å². The molecule has 296 valence electrons. The van der Waals surface area contributed by atoms with Gasteiger partial charge in [0.25, 0.3) is 0 Å². The molecule has 0 spiro atoms. The van der Waals surface area contributed by atoms with Gasteiger partial charge in [0.1, 0.15) is 11.2 Å². The van der Waals surface area contributed by atoms with Crippen molar-refractivity contribution >= 4 is 39.0 Å². The Morgan fingerprint density at radius 1 is 0.302 bits per heavy atom. The first-order chi connectivity index (χ1) is 31.2. The average molecular weight is 804 g/mol. The van der Waals surface area contributed by atoms with Crippen LogP contribution in [0.2, 0.25) is 0 Å². The second-order valence-electron chi connectivity index (χ2n) is 16.4. The van der Waals surface area contributed by atoms with E-state index in [9.17, 15) is 0 Å². The Bertz CT molecular complexity index is 3340. The number of anilines is 3. The number of fused-ring (bicyclic) bond motifs is 6. The number of hydrogen-bond donors (Lipinski definition) is 0. The Hall–Kier alpha value is -8.20. The zero-order valence-corrected chi connectivity index (χ0v) is 34.5. The highest BCUT2D eigenvalue weighted by molar-refractivity contribution is 6.09. The lowest BCUT2D eigenvalue weighted by atomic mass is 9.67. The molecule has 1 unspecified atom stereocenters. The maximum absolute atomic E-state index is 6.61. The van der Waals surface area contributed by atoms with Gasteiger partial charge in [-0.05, 0) is 110 Å². The van der Waals surface area contributed by atoms with Gasteiger partial charge >= 0.3 is 0 Å². The molecule has 0 N–H and O–H groups in total. The Kier molecular flexibility index (Phi) is 8.76. The highest BCUT2D eigenvalue weighted by Gasteiger charge is 2.46. The second kappa shape index (κ2) is 15.1. The fourth-order valence-electron chi connectivity index (χ4n) is 10.1. The summed E-state index contributed by atoms with van der Waals surface area (Å²) < 4.78 is 6.61. The molecule has 0 amide bonds. The Morgan fingerprint density at radius 3 is 1.49 bits per heavy atom. The third-order valence-electron chi connectivity index (χ3n) is 13.0. The molecule has 0 bridgehead atoms. The fourth-order valence-corrected chi connectivity index (χ4v) is 10.1. The van der Waals surface area contributed by atoms with Crippen LogP contribution in [0.15, 0.2) is 253 Å². The smallest absolute Gasteiger partial charge is 0.143 e. The molecule has 10 aromatic carbocycles. The zero-order valence-electron chi connectivity index (χ0n) is 34.5. The maximum Gasteiger partial charge on any atom is 0.143 e. The first kappa shape index (κ1) is 36.6. The summed E-state index contributed by atoms with van der Waals surface area (Å²) >= 11 is 0. The van der Waals surface area contributed by atoms with Crippen LogP contribution in [-0.2, 0) is 5.41 Å². The molecule has 1 aliphatic rings. The molecule has 11 aromatic rings. The van der Waals surface area contributed by atoms with Crippen LogP contribution in [0, 0.1) is 0 Å². The summed E-state index contributed by atoms with van der Waals surface area (Å²) in [6, 6.07) is 90.3. The van der Waals surface area contributed by atoms with Crippen LogP contribution in [0.5, 0.6) is 0 Å². The average Bonchev–Trinajstić information content (AvgIpc) is 3.89. The van der Waals surface area contributed by atoms with Crippen molar-refractivity contribution in [3.63, 3.8) is 0 Å². The SMILES string of the molecule is c1ccc(-c2ccc(N(c3ccc(-c4ccccc4)cc3)c3ccc4c(c3)C(c3ccccc3)(c3cccc(-c5cccc6c5oc5ccccc56)c3)c3ccccc3-4)cc2)cc1. The quantitative estimate of drug-likeness (QED) is 0.152. The van der Waals surface area contributed by atoms with Crippen molar-refractivity contribution in [2.75, 3.05) is 4.90 Å². The van der Waals surface area contributed by atoms with Crippen molar-refractivity contribution in [2.24, 2.45) is 0 Å². The minimum absolute atomic E-state index is 0.624. The number of benzene rings is 10. The summed E-state index contributed by atoms with van der Waals surface area (Å²) in [5.74, 6) is 0. The summed E-state index contributed by atoms with van der Waals surface area (Å²) in [6.45, 7) is 0. The maximum atomic E-state index is 6.61. The molecular formula is C61H41NO. The predicted octanol–water partition coefficient (Wildman–Crippen LogP) is 16.4. The summed E-state index contributed by atoms with van der Waals surface area (Å²) in [5, 5.41) is 2.26. The van der Waals surface area contributed by atoms with Crippen LogP contribution < -0.4 is 4.90 Å². The first-order valence-corrected chi connectivity index (χ1v) is 21.7. The molecule has 0 fully saturated rings. The molecule has 1 aliphatic carbocycles. The number of rotatable bonds is 8. The van der Waals surface area contributed by atoms with Crippen molar-refractivity contribution in [3.05, 3.63) is 271 Å². The monoisotopic (exact) mass is 803 g/mol. The summed E-state index contributed by atoms with van der Waals surface area (Å²) in [6.07, 6.45) is 0. The molecule has 1 aromatic heterocycles. The summed E-state index contributed by atoms with van der Waals surface area (Å²) in [5.41, 5.74) is 18.8. The molecule has 2 heteroatoms. The standard InChI is InChI=1S/C61H41NO/c1-4-16-42(17-5-1)44-30-34-49(35-31-44)62(50-36-32-45(33-37-50)43-18-6-2-7-19-43)51-38-39-54-53-24-10-12-28-57(53)61(58(54)41-51,47-21-8-3-9-22-47)48-23-14-20-46(40-48)52-26-15-27-56-55-25-11-13-29-59(55)63-60(52)56/h1-41H. The highest BCUT2D eigenvalue weighted by Crippen LogP contribution is 2.58. The molecule has 63 heavy (non-hydrogen) atoms. The number of para-hydroxylation sites is 2. The van der Waals surface area contributed by atoms with E-state index < -0.39 is 5.41 Å². The van der Waals surface area contributed by atoms with Gasteiger partial charge in [-0.25, -0.2) is 0 Å². The van der Waals surface area contributed by atoms with Crippen LogP contribution in [-0.4, -0.2) is 0 Å². The van der Waals surface area contributed by atoms with E-state index in [-0.39, 0.29) is 0 Å². The molecule has 2 nitrogen and oxygen atoms in total. The molecule has 0 saturated heterocycles. The van der Waals surface area contributed by atoms with Crippen LogP contribution in [0.4, 0.5) is 17.1 Å². The first-order valence-electron chi connectivity index (χ1n) is 21.7. The predicted molar refractivity (Wildman–Crippen MR) is 262 cm³/mol. The molecule has 0 aliphatic heterocycles. The van der Waals surface area contributed by atoms with Crippen LogP contribution in [0.3, 0.4) is 0 Å². The van der Waals surface area contributed by atoms with E-state index in [1.165, 1.54) is 55.6 Å². The molecule has 0 radical (unpaired) electrons. The zero-order chi connectivity index (χ0) is 41.7. The highest BCUT2D eigenvalue weighted by atomic mass is 16.3. The van der Waals surface area contributed by atoms with Gasteiger partial charge in [0.05, 0.1) is 5.41 Å². The van der Waals surface area contributed by atoms with E-state index >= 15 is 0 Å². The number of hydrogen-bond acceptors (Lipinski definition) is 2. The van der Waals surface area contributed by atoms with Gasteiger partial charge in [0, 0.05) is 33.4 Å². The summed E-state index contributed by atoms with van der Waals surface area (Å²) in [4.78, 5) is 2.40. The van der Waals surface area contributed by atoms with E-state index in [0.29, 0.717) is 0 Å². The van der Waals surface area contributed by atoms with Crippen molar-refractivity contribution < 1.29 is 4.42 Å². The normalized spacial score (nSPS) is 14.1. The second-order valence-corrected chi connectivity index (χ2v) is 16.4. The largest absolute Gasteiger partial charge is 0.455 e. The van der Waals surface area contributed by atoms with Crippen molar-refractivity contribution in [1.82, 2.24) is 0 Å². The fraction of sp³-hybridized carbons (Fsp3) is 0.0164. The van der Waals surface area contributed by atoms with E-state index in [1.54, 1.807) is 0 Å². The molecule has 12 rings (SSSR count). The third-order valence-corrected chi connectivity index (χ3v) is 13.0. The van der Waals surface area contributed by atoms with Crippen LogP contribution in [0.1, 0.15) is 22.3 Å². The minimum atomic E-state index is -0.624. The molecule has 1 atom stereocenters. The Balaban J connectivity index is 1.07.